The lowest BCUT2D eigenvalue weighted by molar-refractivity contribution is -0.138. The van der Waals surface area contributed by atoms with Gasteiger partial charge in [-0.05, 0) is 29.2 Å². The van der Waals surface area contributed by atoms with Gasteiger partial charge in [-0.2, -0.15) is 0 Å². The Hall–Kier alpha value is -2.07. The third-order valence-electron chi connectivity index (χ3n) is 2.89. The molecule has 1 heterocycles. The van der Waals surface area contributed by atoms with Gasteiger partial charge < -0.3 is 15.4 Å². The Balaban J connectivity index is 2.13. The summed E-state index contributed by atoms with van der Waals surface area (Å²) in [5, 5.41) is 8.75. The monoisotopic (exact) mass is 244 g/mol. The highest BCUT2D eigenvalue weighted by Gasteiger charge is 2.11. The molecule has 4 nitrogen and oxygen atoms in total. The van der Waals surface area contributed by atoms with Crippen LogP contribution in [-0.4, -0.2) is 21.7 Å². The van der Waals surface area contributed by atoms with Crippen molar-refractivity contribution in [2.75, 3.05) is 0 Å². The number of carboxylic acids is 1. The number of aryl methyl sites for hydroxylation is 1. The van der Waals surface area contributed by atoms with E-state index in [9.17, 15) is 4.79 Å². The van der Waals surface area contributed by atoms with E-state index in [1.165, 1.54) is 0 Å². The predicted molar refractivity (Wildman–Crippen MR) is 70.2 cm³/mol. The van der Waals surface area contributed by atoms with Crippen molar-refractivity contribution in [1.82, 2.24) is 4.57 Å². The predicted octanol–water partition coefficient (Wildman–Crippen LogP) is 1.65. The zero-order valence-electron chi connectivity index (χ0n) is 10.2. The minimum atomic E-state index is -0.970. The number of carbonyl (C=O) groups is 1. The molecule has 0 amide bonds. The molecule has 4 heteroatoms. The Labute approximate surface area is 106 Å². The number of rotatable bonds is 4. The second-order valence-electron chi connectivity index (χ2n) is 4.41. The van der Waals surface area contributed by atoms with Crippen LogP contribution in [0.25, 0.3) is 11.1 Å². The van der Waals surface area contributed by atoms with Gasteiger partial charge in [0.1, 0.15) is 6.04 Å². The van der Waals surface area contributed by atoms with Crippen LogP contribution in [0.3, 0.4) is 0 Å². The highest BCUT2D eigenvalue weighted by molar-refractivity contribution is 5.73. The molecular weight excluding hydrogens is 228 g/mol. The maximum Gasteiger partial charge on any atom is 0.320 e. The molecule has 0 fully saturated rings. The van der Waals surface area contributed by atoms with Crippen LogP contribution in [0.5, 0.6) is 0 Å². The maximum atomic E-state index is 10.7. The van der Waals surface area contributed by atoms with Crippen LogP contribution >= 0.6 is 0 Å². The summed E-state index contributed by atoms with van der Waals surface area (Å²) >= 11 is 0. The number of hydrogen-bond acceptors (Lipinski definition) is 2. The Bertz CT molecular complexity index is 543. The van der Waals surface area contributed by atoms with Crippen LogP contribution < -0.4 is 5.73 Å². The van der Waals surface area contributed by atoms with Crippen molar-refractivity contribution in [3.05, 3.63) is 48.3 Å². The lowest BCUT2D eigenvalue weighted by Gasteiger charge is -2.07. The van der Waals surface area contributed by atoms with Gasteiger partial charge in [-0.25, -0.2) is 0 Å². The third-order valence-corrected chi connectivity index (χ3v) is 2.89. The molecule has 0 aliphatic carbocycles. The second-order valence-corrected chi connectivity index (χ2v) is 4.41. The fraction of sp³-hybridized carbons (Fsp3) is 0.214. The molecule has 0 bridgehead atoms. The summed E-state index contributed by atoms with van der Waals surface area (Å²) in [7, 11) is 1.98. The fourth-order valence-corrected chi connectivity index (χ4v) is 1.85. The van der Waals surface area contributed by atoms with E-state index in [1.807, 2.05) is 54.3 Å². The third kappa shape index (κ3) is 2.78. The summed E-state index contributed by atoms with van der Waals surface area (Å²) in [6, 6.07) is 9.01. The Morgan fingerprint density at radius 2 is 1.94 bits per heavy atom. The first-order valence-corrected chi connectivity index (χ1v) is 5.76. The number of carboxylic acid groups (broad SMARTS) is 1. The van der Waals surface area contributed by atoms with Crippen molar-refractivity contribution in [3.8, 4) is 11.1 Å². The summed E-state index contributed by atoms with van der Waals surface area (Å²) in [5.74, 6) is -0.970. The maximum absolute atomic E-state index is 10.7. The molecule has 0 spiro atoms. The van der Waals surface area contributed by atoms with Crippen molar-refractivity contribution in [3.63, 3.8) is 0 Å². The standard InChI is InChI=1S/C14H16N2O2/c1-16-7-6-12(9-16)11-4-2-10(3-5-11)8-13(15)14(17)18/h2-7,9,13H,8,15H2,1H3,(H,17,18)/t13-/m0/s1. The smallest absolute Gasteiger partial charge is 0.320 e. The summed E-state index contributed by atoms with van der Waals surface area (Å²) in [6.45, 7) is 0. The number of benzene rings is 1. The van der Waals surface area contributed by atoms with Gasteiger partial charge in [0.2, 0.25) is 0 Å². The van der Waals surface area contributed by atoms with Crippen LogP contribution in [0.1, 0.15) is 5.56 Å². The average molecular weight is 244 g/mol. The molecule has 18 heavy (non-hydrogen) atoms. The lowest BCUT2D eigenvalue weighted by atomic mass is 10.0. The number of nitrogens with zero attached hydrogens (tertiary/aromatic N) is 1. The molecule has 0 saturated heterocycles. The Morgan fingerprint density at radius 3 is 2.44 bits per heavy atom. The van der Waals surface area contributed by atoms with Gasteiger partial charge in [-0.15, -0.1) is 0 Å². The molecule has 0 unspecified atom stereocenters. The van der Waals surface area contributed by atoms with E-state index >= 15 is 0 Å². The van der Waals surface area contributed by atoms with E-state index in [2.05, 4.69) is 0 Å². The van der Waals surface area contributed by atoms with Crippen molar-refractivity contribution < 1.29 is 9.90 Å². The molecule has 1 atom stereocenters. The van der Waals surface area contributed by atoms with Gasteiger partial charge in [0.25, 0.3) is 0 Å². The van der Waals surface area contributed by atoms with E-state index in [-0.39, 0.29) is 0 Å². The van der Waals surface area contributed by atoms with E-state index in [0.717, 1.165) is 16.7 Å². The molecule has 1 aromatic carbocycles. The summed E-state index contributed by atoms with van der Waals surface area (Å²) in [6.07, 6.45) is 4.38. The van der Waals surface area contributed by atoms with Gasteiger partial charge >= 0.3 is 5.97 Å². The van der Waals surface area contributed by atoms with Crippen molar-refractivity contribution >= 4 is 5.97 Å². The van der Waals surface area contributed by atoms with E-state index in [0.29, 0.717) is 6.42 Å². The number of aliphatic carboxylic acids is 1. The minimum Gasteiger partial charge on any atom is -0.480 e. The van der Waals surface area contributed by atoms with Crippen LogP contribution in [0.2, 0.25) is 0 Å². The topological polar surface area (TPSA) is 68.2 Å². The summed E-state index contributed by atoms with van der Waals surface area (Å²) in [5.41, 5.74) is 8.69. The fourth-order valence-electron chi connectivity index (χ4n) is 1.85. The normalized spacial score (nSPS) is 12.3. The molecule has 0 saturated carbocycles. The number of nitrogens with two attached hydrogens (primary N) is 1. The van der Waals surface area contributed by atoms with E-state index in [4.69, 9.17) is 10.8 Å². The molecule has 0 aliphatic rings. The quantitative estimate of drug-likeness (QED) is 0.859. The highest BCUT2D eigenvalue weighted by atomic mass is 16.4. The molecule has 0 aliphatic heterocycles. The number of hydrogen-bond donors (Lipinski definition) is 2. The second kappa shape index (κ2) is 5.06. The zero-order chi connectivity index (χ0) is 13.1. The molecule has 3 N–H and O–H groups in total. The average Bonchev–Trinajstić information content (AvgIpc) is 2.76. The number of aromatic nitrogens is 1. The first-order chi connectivity index (χ1) is 8.56. The van der Waals surface area contributed by atoms with Crippen LogP contribution in [0, 0.1) is 0 Å². The van der Waals surface area contributed by atoms with Gasteiger partial charge in [-0.3, -0.25) is 4.79 Å². The van der Waals surface area contributed by atoms with E-state index in [1.54, 1.807) is 0 Å². The Kier molecular flexibility index (Phi) is 3.48. The van der Waals surface area contributed by atoms with Gasteiger partial charge in [-0.1, -0.05) is 24.3 Å². The SMILES string of the molecule is Cn1ccc(-c2ccc(C[C@H](N)C(=O)O)cc2)c1. The molecule has 2 aromatic rings. The van der Waals surface area contributed by atoms with Crippen molar-refractivity contribution in [1.29, 1.82) is 0 Å². The first kappa shape index (κ1) is 12.4. The largest absolute Gasteiger partial charge is 0.480 e. The highest BCUT2D eigenvalue weighted by Crippen LogP contribution is 2.20. The van der Waals surface area contributed by atoms with Gasteiger partial charge in [0, 0.05) is 19.4 Å². The molecule has 2 rings (SSSR count). The van der Waals surface area contributed by atoms with E-state index < -0.39 is 12.0 Å². The van der Waals surface area contributed by atoms with Crippen molar-refractivity contribution in [2.45, 2.75) is 12.5 Å². The van der Waals surface area contributed by atoms with Crippen molar-refractivity contribution in [2.24, 2.45) is 12.8 Å². The minimum absolute atomic E-state index is 0.352. The molecule has 94 valence electrons. The Morgan fingerprint density at radius 1 is 1.28 bits per heavy atom. The molecule has 0 radical (unpaired) electrons. The summed E-state index contributed by atoms with van der Waals surface area (Å²) in [4.78, 5) is 10.7. The van der Waals surface area contributed by atoms with Gasteiger partial charge in [0.15, 0.2) is 0 Å². The summed E-state index contributed by atoms with van der Waals surface area (Å²) < 4.78 is 1.99. The zero-order valence-corrected chi connectivity index (χ0v) is 10.2. The van der Waals surface area contributed by atoms with Crippen LogP contribution in [-0.2, 0) is 18.3 Å². The molecular formula is C14H16N2O2. The van der Waals surface area contributed by atoms with Crippen LogP contribution in [0.4, 0.5) is 0 Å². The first-order valence-electron chi connectivity index (χ1n) is 5.76. The molecule has 1 aromatic heterocycles. The van der Waals surface area contributed by atoms with Gasteiger partial charge in [0.05, 0.1) is 0 Å². The van der Waals surface area contributed by atoms with Crippen LogP contribution in [0.15, 0.2) is 42.7 Å². The lowest BCUT2D eigenvalue weighted by Crippen LogP contribution is -2.32.